The fourth-order valence-corrected chi connectivity index (χ4v) is 3.71. The number of anilines is 1. The molecule has 1 saturated carbocycles. The average molecular weight is 402 g/mol. The molecule has 3 aromatic heterocycles. The van der Waals surface area contributed by atoms with Crippen LogP contribution in [0.4, 0.5) is 10.6 Å². The van der Waals surface area contributed by atoms with Gasteiger partial charge in [0, 0.05) is 36.7 Å². The number of amides is 1. The first-order chi connectivity index (χ1) is 14.7. The zero-order valence-corrected chi connectivity index (χ0v) is 16.0. The largest absolute Gasteiger partial charge is 0.439 e. The number of nitrogens with zero attached hydrogens (tertiary/aromatic N) is 4. The molecule has 2 aliphatic rings. The van der Waals surface area contributed by atoms with Crippen molar-refractivity contribution in [3.63, 3.8) is 0 Å². The van der Waals surface area contributed by atoms with Crippen molar-refractivity contribution >= 4 is 22.8 Å². The molecular formula is C21H18N6O3. The van der Waals surface area contributed by atoms with Gasteiger partial charge in [0.1, 0.15) is 17.8 Å². The lowest BCUT2D eigenvalue weighted by atomic mass is 10.2. The van der Waals surface area contributed by atoms with Crippen LogP contribution in [-0.4, -0.2) is 25.7 Å². The normalized spacial score (nSPS) is 15.3. The second-order valence-corrected chi connectivity index (χ2v) is 7.53. The predicted octanol–water partition coefficient (Wildman–Crippen LogP) is 3.77. The molecule has 1 aliphatic heterocycles. The van der Waals surface area contributed by atoms with Crippen LogP contribution in [0.25, 0.3) is 10.9 Å². The highest BCUT2D eigenvalue weighted by atomic mass is 16.5. The van der Waals surface area contributed by atoms with E-state index in [2.05, 4.69) is 25.8 Å². The van der Waals surface area contributed by atoms with Gasteiger partial charge in [0.05, 0.1) is 16.8 Å². The number of rotatable bonds is 4. The fraction of sp³-hybridized carbons (Fsp3) is 0.238. The van der Waals surface area contributed by atoms with Crippen LogP contribution >= 0.6 is 0 Å². The maximum absolute atomic E-state index is 12.7. The van der Waals surface area contributed by atoms with Crippen LogP contribution in [0.5, 0.6) is 11.6 Å². The Morgan fingerprint density at radius 2 is 2.13 bits per heavy atom. The predicted molar refractivity (Wildman–Crippen MR) is 107 cm³/mol. The Hall–Kier alpha value is -3.72. The topological polar surface area (TPSA) is 107 Å². The van der Waals surface area contributed by atoms with E-state index >= 15 is 0 Å². The summed E-state index contributed by atoms with van der Waals surface area (Å²) in [6, 6.07) is 8.92. The van der Waals surface area contributed by atoms with E-state index in [1.54, 1.807) is 12.3 Å². The highest BCUT2D eigenvalue weighted by molar-refractivity contribution is 5.98. The minimum absolute atomic E-state index is 0.297. The smallest absolute Gasteiger partial charge is 0.331 e. The molecular weight excluding hydrogens is 384 g/mol. The second kappa shape index (κ2) is 6.67. The summed E-state index contributed by atoms with van der Waals surface area (Å²) in [5.41, 5.74) is 2.70. The van der Waals surface area contributed by atoms with Crippen molar-refractivity contribution in [3.8, 4) is 11.6 Å². The van der Waals surface area contributed by atoms with Crippen LogP contribution in [-0.2, 0) is 13.1 Å². The van der Waals surface area contributed by atoms with Crippen molar-refractivity contribution in [2.75, 3.05) is 5.32 Å². The lowest BCUT2D eigenvalue weighted by Crippen LogP contribution is -2.18. The van der Waals surface area contributed by atoms with Crippen LogP contribution < -0.4 is 15.4 Å². The van der Waals surface area contributed by atoms with E-state index < -0.39 is 0 Å². The number of aromatic nitrogens is 4. The molecule has 1 aromatic carbocycles. The molecule has 2 N–H and O–H groups in total. The lowest BCUT2D eigenvalue weighted by molar-refractivity contribution is 0.254. The summed E-state index contributed by atoms with van der Waals surface area (Å²) in [5.74, 6) is 2.91. The lowest BCUT2D eigenvalue weighted by Gasteiger charge is -2.09. The Labute approximate surface area is 171 Å². The van der Waals surface area contributed by atoms with Gasteiger partial charge in [0.15, 0.2) is 5.82 Å². The van der Waals surface area contributed by atoms with Crippen molar-refractivity contribution in [1.29, 1.82) is 0 Å². The minimum Gasteiger partial charge on any atom is -0.439 e. The molecule has 150 valence electrons. The van der Waals surface area contributed by atoms with E-state index in [1.807, 2.05) is 24.3 Å². The van der Waals surface area contributed by atoms with Crippen molar-refractivity contribution in [1.82, 2.24) is 25.0 Å². The van der Waals surface area contributed by atoms with Gasteiger partial charge in [-0.05, 0) is 37.1 Å². The number of fused-ring (bicyclic) bond motifs is 2. The molecule has 30 heavy (non-hydrogen) atoms. The fourth-order valence-electron chi connectivity index (χ4n) is 3.71. The molecule has 0 radical (unpaired) electrons. The van der Waals surface area contributed by atoms with E-state index in [0.29, 0.717) is 29.9 Å². The number of carbonyl (C=O) groups is 1. The van der Waals surface area contributed by atoms with E-state index in [9.17, 15) is 4.79 Å². The van der Waals surface area contributed by atoms with Crippen LogP contribution in [0.15, 0.2) is 47.4 Å². The molecule has 4 heterocycles. The molecule has 1 amide bonds. The molecule has 0 saturated heterocycles. The Kier molecular flexibility index (Phi) is 3.81. The summed E-state index contributed by atoms with van der Waals surface area (Å²) >= 11 is 0. The zero-order chi connectivity index (χ0) is 20.1. The highest BCUT2D eigenvalue weighted by Gasteiger charge is 2.28. The van der Waals surface area contributed by atoms with Gasteiger partial charge in [0.25, 0.3) is 0 Å². The van der Waals surface area contributed by atoms with Gasteiger partial charge in [-0.15, -0.1) is 0 Å². The molecule has 1 aliphatic carbocycles. The van der Waals surface area contributed by atoms with Gasteiger partial charge in [-0.2, -0.15) is 0 Å². The first-order valence-corrected chi connectivity index (χ1v) is 9.85. The third-order valence-electron chi connectivity index (χ3n) is 5.43. The Morgan fingerprint density at radius 1 is 1.20 bits per heavy atom. The minimum atomic E-state index is -0.297. The summed E-state index contributed by atoms with van der Waals surface area (Å²) in [5, 5.41) is 10.9. The van der Waals surface area contributed by atoms with Gasteiger partial charge in [-0.3, -0.25) is 9.88 Å². The van der Waals surface area contributed by atoms with Crippen LogP contribution in [0, 0.1) is 0 Å². The maximum atomic E-state index is 12.7. The zero-order valence-electron chi connectivity index (χ0n) is 16.0. The van der Waals surface area contributed by atoms with Crippen LogP contribution in [0.3, 0.4) is 0 Å². The molecule has 4 aromatic rings. The summed E-state index contributed by atoms with van der Waals surface area (Å²) in [7, 11) is 0. The van der Waals surface area contributed by atoms with Gasteiger partial charge in [-0.1, -0.05) is 5.16 Å². The first-order valence-electron chi connectivity index (χ1n) is 9.85. The van der Waals surface area contributed by atoms with Crippen molar-refractivity contribution in [3.05, 3.63) is 59.9 Å². The number of carbonyl (C=O) groups excluding carboxylic acids is 1. The number of nitrogens with one attached hydrogen (secondary N) is 2. The summed E-state index contributed by atoms with van der Waals surface area (Å²) in [6.07, 6.45) is 5.46. The number of hydrogen-bond donors (Lipinski definition) is 2. The molecule has 0 atom stereocenters. The van der Waals surface area contributed by atoms with Crippen molar-refractivity contribution in [2.45, 2.75) is 31.8 Å². The molecule has 6 rings (SSSR count). The van der Waals surface area contributed by atoms with E-state index in [0.717, 1.165) is 47.3 Å². The van der Waals surface area contributed by atoms with Crippen LogP contribution in [0.2, 0.25) is 0 Å². The highest BCUT2D eigenvalue weighted by Crippen LogP contribution is 2.40. The number of hydrogen-bond acceptors (Lipinski definition) is 7. The molecule has 0 spiro atoms. The van der Waals surface area contributed by atoms with Gasteiger partial charge >= 0.3 is 6.03 Å². The second-order valence-electron chi connectivity index (χ2n) is 7.53. The quantitative estimate of drug-likeness (QED) is 0.535. The monoisotopic (exact) mass is 402 g/mol. The van der Waals surface area contributed by atoms with E-state index in [-0.39, 0.29) is 6.03 Å². The van der Waals surface area contributed by atoms with Gasteiger partial charge in [0.2, 0.25) is 5.88 Å². The number of ether oxygens (including phenoxy) is 1. The number of benzene rings is 1. The summed E-state index contributed by atoms with van der Waals surface area (Å²) in [6.45, 7) is 1.41. The maximum Gasteiger partial charge on any atom is 0.331 e. The third kappa shape index (κ3) is 3.00. The van der Waals surface area contributed by atoms with Crippen molar-refractivity contribution < 1.29 is 14.1 Å². The first kappa shape index (κ1) is 17.2. The Bertz CT molecular complexity index is 1270. The Balaban J connectivity index is 1.23. The van der Waals surface area contributed by atoms with Crippen molar-refractivity contribution in [2.24, 2.45) is 0 Å². The Morgan fingerprint density at radius 3 is 3.03 bits per heavy atom. The summed E-state index contributed by atoms with van der Waals surface area (Å²) in [4.78, 5) is 21.2. The average Bonchev–Trinajstić information content (AvgIpc) is 3.15. The molecule has 0 unspecified atom stereocenters. The third-order valence-corrected chi connectivity index (χ3v) is 5.43. The molecule has 9 nitrogen and oxygen atoms in total. The molecule has 9 heteroatoms. The standard InChI is InChI=1S/C21H18N6O3/c28-21(25-19-8-18(30-26-19)12-1-2-12)27-6-5-13-7-14(3-4-17(13)27)29-20-15-9-22-10-16(15)23-11-24-20/h3-8,11-12,22H,1-2,9-10H2,(H,25,26,28). The van der Waals surface area contributed by atoms with Crippen LogP contribution in [0.1, 0.15) is 35.8 Å². The molecule has 0 bridgehead atoms. The summed E-state index contributed by atoms with van der Waals surface area (Å²) < 4.78 is 12.8. The van der Waals surface area contributed by atoms with E-state index in [1.165, 1.54) is 10.9 Å². The van der Waals surface area contributed by atoms with E-state index in [4.69, 9.17) is 9.26 Å². The molecule has 1 fully saturated rings. The van der Waals surface area contributed by atoms with Gasteiger partial charge < -0.3 is 14.6 Å². The SMILES string of the molecule is O=C(Nc1cc(C2CC2)on1)n1ccc2cc(Oc3ncnc4c3CNC4)ccc21. The van der Waals surface area contributed by atoms with Gasteiger partial charge in [-0.25, -0.2) is 14.8 Å².